The van der Waals surface area contributed by atoms with Crippen molar-refractivity contribution in [3.05, 3.63) is 71.3 Å². The van der Waals surface area contributed by atoms with Crippen LogP contribution in [0.5, 0.6) is 0 Å². The van der Waals surface area contributed by atoms with Crippen LogP contribution in [0.4, 0.5) is 0 Å². The third-order valence-corrected chi connectivity index (χ3v) is 10.4. The van der Waals surface area contributed by atoms with Gasteiger partial charge in [0.25, 0.3) is 0 Å². The molecule has 2 aliphatic heterocycles. The number of allylic oxidation sites excluding steroid dienone is 1. The molecule has 2 aromatic rings. The van der Waals surface area contributed by atoms with Crippen LogP contribution in [0, 0.1) is 11.3 Å². The Morgan fingerprint density at radius 3 is 2.82 bits per heavy atom. The number of hydrogen-bond acceptors (Lipinski definition) is 2. The lowest BCUT2D eigenvalue weighted by molar-refractivity contribution is -0.139. The van der Waals surface area contributed by atoms with E-state index in [1.807, 2.05) is 0 Å². The summed E-state index contributed by atoms with van der Waals surface area (Å²) in [6.45, 7) is 0.465. The zero-order chi connectivity index (χ0) is 24.9. The Morgan fingerprint density at radius 1 is 1.06 bits per heavy atom. The number of benzene rings is 2. The molecule has 2 unspecified atom stereocenters. The van der Waals surface area contributed by atoms with Crippen molar-refractivity contribution in [3.63, 3.8) is 0 Å². The van der Waals surface area contributed by atoms with E-state index in [1.165, 1.54) is 40.3 Å². The summed E-state index contributed by atoms with van der Waals surface area (Å²) >= 11 is 0. The van der Waals surface area contributed by atoms with E-state index in [-0.39, 0.29) is 22.7 Å². The van der Waals surface area contributed by atoms with Crippen molar-refractivity contribution in [2.24, 2.45) is 11.3 Å². The normalized spacial score (nSPS) is 43.1. The van der Waals surface area contributed by atoms with Crippen LogP contribution in [0.15, 0.2) is 65.8 Å². The van der Waals surface area contributed by atoms with Gasteiger partial charge in [0.2, 0.25) is 0 Å². The molecule has 6 atom stereocenters. The summed E-state index contributed by atoms with van der Waals surface area (Å²) in [4.78, 5) is 1.62. The van der Waals surface area contributed by atoms with Crippen molar-refractivity contribution in [2.45, 2.75) is 81.5 Å². The molecule has 33 heavy (non-hydrogen) atoms. The average Bonchev–Trinajstić information content (AvgIpc) is 3.37. The second kappa shape index (κ2) is 6.83. The molecular formula is C31H37NO. The van der Waals surface area contributed by atoms with Crippen molar-refractivity contribution in [3.8, 4) is 0 Å². The van der Waals surface area contributed by atoms with Crippen LogP contribution in [0.2, 0.25) is 0 Å². The van der Waals surface area contributed by atoms with Crippen LogP contribution >= 0.6 is 0 Å². The lowest BCUT2D eigenvalue weighted by Crippen LogP contribution is -2.55. The molecule has 0 N–H and O–H groups in total. The van der Waals surface area contributed by atoms with Gasteiger partial charge < -0.3 is 9.64 Å². The van der Waals surface area contributed by atoms with E-state index in [2.05, 4.69) is 61.5 Å². The Labute approximate surface area is 202 Å². The van der Waals surface area contributed by atoms with Crippen LogP contribution in [-0.4, -0.2) is 36.2 Å². The van der Waals surface area contributed by atoms with Crippen LogP contribution in [0.1, 0.15) is 73.9 Å². The summed E-state index contributed by atoms with van der Waals surface area (Å²) in [5, 5.41) is 2.64. The first-order valence-corrected chi connectivity index (χ1v) is 13.0. The summed E-state index contributed by atoms with van der Waals surface area (Å²) in [5.41, 5.74) is 4.01. The summed E-state index contributed by atoms with van der Waals surface area (Å²) < 4.78 is 31.2. The summed E-state index contributed by atoms with van der Waals surface area (Å²) in [6, 6.07) is 15.8. The Hall–Kier alpha value is -1.90. The molecule has 2 heterocycles. The van der Waals surface area contributed by atoms with Crippen molar-refractivity contribution in [1.82, 2.24) is 4.90 Å². The molecule has 0 radical (unpaired) electrons. The molecule has 0 amide bonds. The van der Waals surface area contributed by atoms with E-state index in [0.717, 1.165) is 38.5 Å². The van der Waals surface area contributed by atoms with Gasteiger partial charge in [-0.05, 0) is 110 Å². The molecule has 7 rings (SSSR count). The minimum Gasteiger partial charge on any atom is -0.359 e. The fraction of sp³-hybridized carbons (Fsp3) is 0.548. The first-order valence-electron chi connectivity index (χ1n) is 14.5. The quantitative estimate of drug-likeness (QED) is 0.496. The van der Waals surface area contributed by atoms with E-state index < -0.39 is 6.98 Å². The molecule has 2 bridgehead atoms. The van der Waals surface area contributed by atoms with Crippen molar-refractivity contribution in [1.29, 1.82) is 0 Å². The highest BCUT2D eigenvalue weighted by Gasteiger charge is 2.66. The maximum absolute atomic E-state index is 7.95. The van der Waals surface area contributed by atoms with Gasteiger partial charge in [-0.15, -0.1) is 0 Å². The molecule has 2 saturated carbocycles. The molecule has 2 aromatic carbocycles. The monoisotopic (exact) mass is 442 g/mol. The molecule has 5 aliphatic rings. The van der Waals surface area contributed by atoms with Gasteiger partial charge in [-0.1, -0.05) is 61.5 Å². The first-order chi connectivity index (χ1) is 17.1. The second-order valence-electron chi connectivity index (χ2n) is 11.8. The summed E-state index contributed by atoms with van der Waals surface area (Å²) in [5.74, 6) is 1.03. The molecule has 3 aliphatic carbocycles. The van der Waals surface area contributed by atoms with Gasteiger partial charge in [-0.3, -0.25) is 0 Å². The largest absolute Gasteiger partial charge is 0.359 e. The molecule has 2 spiro atoms. The SMILES string of the molecule is [2H]C([2H])([2H])N(C)[C@H]1CCC2=CC3=CC[C@]4(C)C(c5ccc6ccccc6c5)CC[C@H]4C34CC[C@]2(C1)O4. The van der Waals surface area contributed by atoms with Gasteiger partial charge in [-0.2, -0.15) is 0 Å². The number of rotatable bonds is 2. The predicted octanol–water partition coefficient (Wildman–Crippen LogP) is 7.01. The minimum absolute atomic E-state index is 0.0410. The van der Waals surface area contributed by atoms with Gasteiger partial charge in [0.1, 0.15) is 0 Å². The summed E-state index contributed by atoms with van der Waals surface area (Å²) in [6.07, 6.45) is 13.3. The number of hydrogen-bond donors (Lipinski definition) is 0. The number of fused-ring (bicyclic) bond motifs is 2. The Balaban J connectivity index is 1.24. The van der Waals surface area contributed by atoms with Gasteiger partial charge in [0, 0.05) is 10.2 Å². The van der Waals surface area contributed by atoms with Crippen LogP contribution < -0.4 is 0 Å². The molecule has 3 fully saturated rings. The first kappa shape index (κ1) is 17.5. The van der Waals surface area contributed by atoms with Gasteiger partial charge in [0.05, 0.1) is 11.2 Å². The van der Waals surface area contributed by atoms with E-state index >= 15 is 0 Å². The highest BCUT2D eigenvalue weighted by atomic mass is 16.5. The molecule has 172 valence electrons. The molecule has 0 aromatic heterocycles. The maximum atomic E-state index is 7.95. The van der Waals surface area contributed by atoms with Crippen molar-refractivity contribution >= 4 is 10.8 Å². The maximum Gasteiger partial charge on any atom is 0.0974 e. The van der Waals surface area contributed by atoms with Gasteiger partial charge >= 0.3 is 0 Å². The van der Waals surface area contributed by atoms with E-state index in [4.69, 9.17) is 8.85 Å². The highest BCUT2D eigenvalue weighted by Crippen LogP contribution is 2.69. The third-order valence-electron chi connectivity index (χ3n) is 10.4. The highest BCUT2D eigenvalue weighted by molar-refractivity contribution is 5.83. The van der Waals surface area contributed by atoms with Crippen LogP contribution in [0.25, 0.3) is 10.8 Å². The van der Waals surface area contributed by atoms with E-state index in [9.17, 15) is 0 Å². The lowest BCUT2D eigenvalue weighted by atomic mass is 9.58. The van der Waals surface area contributed by atoms with E-state index in [1.54, 1.807) is 11.9 Å². The Bertz CT molecular complexity index is 1300. The fourth-order valence-electron chi connectivity index (χ4n) is 8.69. The third kappa shape index (κ3) is 2.68. The van der Waals surface area contributed by atoms with Gasteiger partial charge in [0.15, 0.2) is 0 Å². The zero-order valence-electron chi connectivity index (χ0n) is 22.9. The zero-order valence-corrected chi connectivity index (χ0v) is 19.9. The second-order valence-corrected chi connectivity index (χ2v) is 11.8. The fourth-order valence-corrected chi connectivity index (χ4v) is 8.69. The number of ether oxygens (including phenoxy) is 1. The van der Waals surface area contributed by atoms with Crippen LogP contribution in [0.3, 0.4) is 0 Å². The van der Waals surface area contributed by atoms with Crippen molar-refractivity contribution < 1.29 is 8.85 Å². The Morgan fingerprint density at radius 2 is 1.94 bits per heavy atom. The van der Waals surface area contributed by atoms with Crippen LogP contribution in [-0.2, 0) is 4.74 Å². The standard InChI is InChI=1S/C31H37NO/c1-29-15-14-25-19-24-10-11-26(32(2)3)20-30(24)16-17-31(25,33-30)28(29)13-12-27(29)23-9-8-21-6-4-5-7-22(21)18-23/h4-9,14,18-19,26-28H,10-13,15-17,20H2,1-3H3/t26-,27?,28+,29+,30+,31?/m0/s1/i2D3. The lowest BCUT2D eigenvalue weighted by Gasteiger charge is -2.54. The van der Waals surface area contributed by atoms with E-state index in [0.29, 0.717) is 11.8 Å². The molecule has 2 heteroatoms. The minimum atomic E-state index is -2.06. The Kier molecular flexibility index (Phi) is 3.63. The van der Waals surface area contributed by atoms with Crippen molar-refractivity contribution in [2.75, 3.05) is 14.0 Å². The average molecular weight is 443 g/mol. The summed E-state index contributed by atoms with van der Waals surface area (Å²) in [7, 11) is 1.77. The molecule has 2 nitrogen and oxygen atoms in total. The molecular weight excluding hydrogens is 402 g/mol. The van der Waals surface area contributed by atoms with Gasteiger partial charge in [-0.25, -0.2) is 0 Å². The number of nitrogens with zero attached hydrogens (tertiary/aromatic N) is 1. The molecule has 1 saturated heterocycles. The smallest absolute Gasteiger partial charge is 0.0974 e. The topological polar surface area (TPSA) is 12.5 Å². The predicted molar refractivity (Wildman–Crippen MR) is 135 cm³/mol.